The molecule has 1 heterocycles. The second-order valence-corrected chi connectivity index (χ2v) is 6.10. The van der Waals surface area contributed by atoms with Gasteiger partial charge in [-0.15, -0.1) is 4.89 Å². The van der Waals surface area contributed by atoms with Crippen molar-refractivity contribution in [2.75, 3.05) is 6.61 Å². The Kier molecular flexibility index (Phi) is 6.33. The molecule has 0 spiro atoms. The lowest BCUT2D eigenvalue weighted by atomic mass is 9.99. The van der Waals surface area contributed by atoms with E-state index in [0.717, 1.165) is 5.56 Å². The molecule has 1 aliphatic rings. The van der Waals surface area contributed by atoms with Crippen molar-refractivity contribution in [3.05, 3.63) is 29.3 Å². The molecule has 140 valence electrons. The number of hydrogen-bond acceptors (Lipinski definition) is 9. The predicted molar refractivity (Wildman–Crippen MR) is 82.5 cm³/mol. The molecule has 1 fully saturated rings. The molecule has 9 nitrogen and oxygen atoms in total. The summed E-state index contributed by atoms with van der Waals surface area (Å²) in [5.74, 6) is -1.18. The summed E-state index contributed by atoms with van der Waals surface area (Å²) in [4.78, 5) is 21.2. The summed E-state index contributed by atoms with van der Waals surface area (Å²) in [5.41, 5.74) is 0.665. The van der Waals surface area contributed by atoms with Crippen molar-refractivity contribution in [2.45, 2.75) is 50.5 Å². The van der Waals surface area contributed by atoms with Crippen molar-refractivity contribution in [3.8, 4) is 5.75 Å². The summed E-state index contributed by atoms with van der Waals surface area (Å²) in [7, 11) is 0. The molecule has 1 saturated heterocycles. The van der Waals surface area contributed by atoms with E-state index in [9.17, 15) is 25.2 Å². The fourth-order valence-electron chi connectivity index (χ4n) is 2.36. The lowest BCUT2D eigenvalue weighted by molar-refractivity contribution is -0.399. The molecular formula is C16H22O9. The largest absolute Gasteiger partial charge is 0.507 e. The Labute approximate surface area is 143 Å². The molecule has 5 atom stereocenters. The number of rotatable bonds is 5. The number of phenols is 1. The summed E-state index contributed by atoms with van der Waals surface area (Å²) < 4.78 is 5.03. The Hall–Kier alpha value is -1.75. The van der Waals surface area contributed by atoms with Crippen LogP contribution >= 0.6 is 0 Å². The highest BCUT2D eigenvalue weighted by atomic mass is 17.2. The molecule has 0 aliphatic carbocycles. The maximum atomic E-state index is 12.0. The van der Waals surface area contributed by atoms with E-state index in [1.54, 1.807) is 6.07 Å². The van der Waals surface area contributed by atoms with E-state index in [1.807, 2.05) is 13.8 Å². The third-order valence-corrected chi connectivity index (χ3v) is 3.98. The first kappa shape index (κ1) is 19.6. The first-order valence-electron chi connectivity index (χ1n) is 7.77. The Morgan fingerprint density at radius 2 is 1.88 bits per heavy atom. The number of aliphatic hydroxyl groups excluding tert-OH is 4. The minimum Gasteiger partial charge on any atom is -0.507 e. The van der Waals surface area contributed by atoms with Crippen molar-refractivity contribution >= 4 is 5.97 Å². The van der Waals surface area contributed by atoms with Gasteiger partial charge >= 0.3 is 5.97 Å². The van der Waals surface area contributed by atoms with Crippen molar-refractivity contribution in [2.24, 2.45) is 0 Å². The Morgan fingerprint density at radius 1 is 1.20 bits per heavy atom. The molecule has 2 rings (SSSR count). The van der Waals surface area contributed by atoms with Crippen LogP contribution in [0.3, 0.4) is 0 Å². The van der Waals surface area contributed by atoms with Gasteiger partial charge in [-0.3, -0.25) is 4.89 Å². The average Bonchev–Trinajstić information content (AvgIpc) is 2.58. The highest BCUT2D eigenvalue weighted by Gasteiger charge is 2.45. The van der Waals surface area contributed by atoms with Gasteiger partial charge in [-0.2, -0.15) is 0 Å². The molecule has 9 heteroatoms. The zero-order chi connectivity index (χ0) is 18.7. The summed E-state index contributed by atoms with van der Waals surface area (Å²) in [6, 6.07) is 4.44. The SMILES string of the molecule is CC(C)c1ccc(C(=O)OOC2O[C@H](CO)[C@@H](O)[C@H](O)[C@H]2O)c(O)c1. The molecule has 0 radical (unpaired) electrons. The maximum Gasteiger partial charge on any atom is 0.376 e. The predicted octanol–water partition coefficient (Wildman–Crippen LogP) is -0.596. The van der Waals surface area contributed by atoms with E-state index in [1.165, 1.54) is 12.1 Å². The Balaban J connectivity index is 2.02. The zero-order valence-electron chi connectivity index (χ0n) is 13.8. The molecule has 0 saturated carbocycles. The van der Waals surface area contributed by atoms with E-state index in [0.29, 0.717) is 0 Å². The van der Waals surface area contributed by atoms with Crippen LogP contribution in [-0.2, 0) is 14.5 Å². The quantitative estimate of drug-likeness (QED) is 0.344. The van der Waals surface area contributed by atoms with Gasteiger partial charge in [0.05, 0.1) is 6.61 Å². The number of benzene rings is 1. The Morgan fingerprint density at radius 3 is 2.44 bits per heavy atom. The molecule has 25 heavy (non-hydrogen) atoms. The molecule has 1 unspecified atom stereocenters. The number of aliphatic hydroxyl groups is 4. The topological polar surface area (TPSA) is 146 Å². The van der Waals surface area contributed by atoms with Crippen LogP contribution in [0, 0.1) is 0 Å². The van der Waals surface area contributed by atoms with E-state index in [-0.39, 0.29) is 17.2 Å². The van der Waals surface area contributed by atoms with Gasteiger partial charge in [0.25, 0.3) is 0 Å². The van der Waals surface area contributed by atoms with Crippen molar-refractivity contribution in [1.29, 1.82) is 0 Å². The standard InChI is InChI=1S/C16H22O9/c1-7(2)8-3-4-9(10(18)5-8)15(22)24-25-16-14(21)13(20)12(19)11(6-17)23-16/h3-5,7,11-14,16-21H,6H2,1-2H3/t11-,12-,13+,14-,16?/m1/s1. The van der Waals surface area contributed by atoms with Gasteiger partial charge in [0, 0.05) is 0 Å². The van der Waals surface area contributed by atoms with Crippen molar-refractivity contribution in [1.82, 2.24) is 0 Å². The monoisotopic (exact) mass is 358 g/mol. The fourth-order valence-corrected chi connectivity index (χ4v) is 2.36. The minimum atomic E-state index is -1.71. The summed E-state index contributed by atoms with van der Waals surface area (Å²) >= 11 is 0. The average molecular weight is 358 g/mol. The van der Waals surface area contributed by atoms with E-state index < -0.39 is 43.3 Å². The molecule has 0 amide bonds. The normalized spacial score (nSPS) is 29.6. The van der Waals surface area contributed by atoms with Gasteiger partial charge in [-0.25, -0.2) is 4.79 Å². The minimum absolute atomic E-state index is 0.154. The molecular weight excluding hydrogens is 336 g/mol. The number of phenolic OH excluding ortho intramolecular Hbond substituents is 1. The smallest absolute Gasteiger partial charge is 0.376 e. The van der Waals surface area contributed by atoms with Gasteiger partial charge < -0.3 is 30.3 Å². The van der Waals surface area contributed by atoms with Gasteiger partial charge in [-0.05, 0) is 23.6 Å². The van der Waals surface area contributed by atoms with Crippen molar-refractivity contribution in [3.63, 3.8) is 0 Å². The van der Waals surface area contributed by atoms with Crippen LogP contribution < -0.4 is 0 Å². The van der Waals surface area contributed by atoms with E-state index in [4.69, 9.17) is 9.84 Å². The molecule has 0 aromatic heterocycles. The van der Waals surface area contributed by atoms with Gasteiger partial charge in [0.1, 0.15) is 35.7 Å². The van der Waals surface area contributed by atoms with Crippen LogP contribution in [-0.4, -0.2) is 68.8 Å². The van der Waals surface area contributed by atoms with E-state index in [2.05, 4.69) is 9.78 Å². The third kappa shape index (κ3) is 4.27. The second-order valence-electron chi connectivity index (χ2n) is 6.10. The zero-order valence-corrected chi connectivity index (χ0v) is 13.8. The van der Waals surface area contributed by atoms with Gasteiger partial charge in [-0.1, -0.05) is 19.9 Å². The van der Waals surface area contributed by atoms with Gasteiger partial charge in [0.15, 0.2) is 0 Å². The molecule has 1 aromatic rings. The molecule has 5 N–H and O–H groups in total. The lowest BCUT2D eigenvalue weighted by Crippen LogP contribution is -2.59. The number of carbonyl (C=O) groups is 1. The summed E-state index contributed by atoms with van der Waals surface area (Å²) in [5, 5.41) is 48.0. The lowest BCUT2D eigenvalue weighted by Gasteiger charge is -2.38. The Bertz CT molecular complexity index is 601. The molecule has 1 aromatic carbocycles. The molecule has 1 aliphatic heterocycles. The van der Waals surface area contributed by atoms with Crippen LogP contribution in [0.15, 0.2) is 18.2 Å². The first-order valence-corrected chi connectivity index (χ1v) is 7.77. The number of carbonyl (C=O) groups excluding carboxylic acids is 1. The maximum absolute atomic E-state index is 12.0. The highest BCUT2D eigenvalue weighted by molar-refractivity contribution is 5.92. The second kappa shape index (κ2) is 8.09. The van der Waals surface area contributed by atoms with Gasteiger partial charge in [0.2, 0.25) is 6.29 Å². The number of hydrogen-bond donors (Lipinski definition) is 5. The van der Waals surface area contributed by atoms with Crippen LogP contribution in [0.4, 0.5) is 0 Å². The van der Waals surface area contributed by atoms with Crippen molar-refractivity contribution < 1.29 is 44.8 Å². The summed E-state index contributed by atoms with van der Waals surface area (Å²) in [6.07, 6.45) is -7.73. The fraction of sp³-hybridized carbons (Fsp3) is 0.562. The summed E-state index contributed by atoms with van der Waals surface area (Å²) in [6.45, 7) is 3.21. The van der Waals surface area contributed by atoms with Crippen LogP contribution in [0.2, 0.25) is 0 Å². The molecule has 0 bridgehead atoms. The highest BCUT2D eigenvalue weighted by Crippen LogP contribution is 2.26. The first-order chi connectivity index (χ1) is 11.8. The van der Waals surface area contributed by atoms with E-state index >= 15 is 0 Å². The van der Waals surface area contributed by atoms with Crippen LogP contribution in [0.1, 0.15) is 35.7 Å². The van der Waals surface area contributed by atoms with Crippen LogP contribution in [0.25, 0.3) is 0 Å². The third-order valence-electron chi connectivity index (χ3n) is 3.98. The number of ether oxygens (including phenoxy) is 1. The van der Waals surface area contributed by atoms with Crippen LogP contribution in [0.5, 0.6) is 5.75 Å². The number of aromatic hydroxyl groups is 1.